The van der Waals surface area contributed by atoms with Crippen LogP contribution < -0.4 is 5.73 Å². The third-order valence-corrected chi connectivity index (χ3v) is 5.29. The maximum absolute atomic E-state index is 12.4. The van der Waals surface area contributed by atoms with Gasteiger partial charge in [-0.15, -0.1) is 0 Å². The number of aliphatic carboxylic acids is 1. The molecule has 1 aliphatic carbocycles. The van der Waals surface area contributed by atoms with Crippen molar-refractivity contribution in [1.82, 2.24) is 4.90 Å². The minimum Gasteiger partial charge on any atom is -0.481 e. The molecule has 2 aliphatic rings. The van der Waals surface area contributed by atoms with E-state index in [9.17, 15) is 14.7 Å². The van der Waals surface area contributed by atoms with Crippen LogP contribution in [0.2, 0.25) is 0 Å². The molecular formula is C15H26N2O3. The fourth-order valence-electron chi connectivity index (χ4n) is 3.61. The molecule has 2 rings (SSSR count). The summed E-state index contributed by atoms with van der Waals surface area (Å²) in [4.78, 5) is 25.7. The van der Waals surface area contributed by atoms with Crippen molar-refractivity contribution in [3.05, 3.63) is 0 Å². The van der Waals surface area contributed by atoms with Gasteiger partial charge in [-0.1, -0.05) is 26.7 Å². The number of hydrogen-bond donors (Lipinski definition) is 2. The number of hydrogen-bond acceptors (Lipinski definition) is 3. The molecule has 114 valence electrons. The lowest BCUT2D eigenvalue weighted by Gasteiger charge is -2.30. The predicted molar refractivity (Wildman–Crippen MR) is 76.1 cm³/mol. The molecule has 5 nitrogen and oxygen atoms in total. The van der Waals surface area contributed by atoms with Gasteiger partial charge in [-0.3, -0.25) is 9.59 Å². The molecule has 1 saturated carbocycles. The smallest absolute Gasteiger partial charge is 0.311 e. The summed E-state index contributed by atoms with van der Waals surface area (Å²) >= 11 is 0. The molecule has 20 heavy (non-hydrogen) atoms. The summed E-state index contributed by atoms with van der Waals surface area (Å²) in [5.41, 5.74) is 5.11. The molecule has 1 aliphatic heterocycles. The summed E-state index contributed by atoms with van der Waals surface area (Å²) in [7, 11) is 0. The van der Waals surface area contributed by atoms with Gasteiger partial charge in [0.25, 0.3) is 0 Å². The molecule has 0 spiro atoms. The summed E-state index contributed by atoms with van der Waals surface area (Å²) < 4.78 is 0. The normalized spacial score (nSPS) is 29.1. The van der Waals surface area contributed by atoms with Crippen LogP contribution in [-0.2, 0) is 9.59 Å². The van der Waals surface area contributed by atoms with Crippen molar-refractivity contribution in [2.45, 2.75) is 57.9 Å². The lowest BCUT2D eigenvalue weighted by atomic mass is 9.76. The van der Waals surface area contributed by atoms with Gasteiger partial charge in [-0.2, -0.15) is 0 Å². The van der Waals surface area contributed by atoms with Gasteiger partial charge in [0.05, 0.1) is 5.41 Å². The molecule has 1 heterocycles. The molecule has 1 saturated heterocycles. The highest BCUT2D eigenvalue weighted by Crippen LogP contribution is 2.39. The Kier molecular flexibility index (Phi) is 4.09. The van der Waals surface area contributed by atoms with Gasteiger partial charge in [-0.05, 0) is 25.2 Å². The summed E-state index contributed by atoms with van der Waals surface area (Å²) in [5.74, 6) is -0.736. The topological polar surface area (TPSA) is 83.6 Å². The Bertz CT molecular complexity index is 402. The number of carboxylic acids is 1. The van der Waals surface area contributed by atoms with Crippen molar-refractivity contribution in [2.75, 3.05) is 13.1 Å². The zero-order chi connectivity index (χ0) is 15.0. The highest BCUT2D eigenvalue weighted by molar-refractivity contribution is 5.81. The van der Waals surface area contributed by atoms with E-state index in [2.05, 4.69) is 0 Å². The van der Waals surface area contributed by atoms with Crippen molar-refractivity contribution in [1.29, 1.82) is 0 Å². The minimum absolute atomic E-state index is 0.0242. The fraction of sp³-hybridized carbons (Fsp3) is 0.867. The number of carbonyl (C=O) groups excluding carboxylic acids is 1. The molecule has 2 fully saturated rings. The molecule has 1 atom stereocenters. The van der Waals surface area contributed by atoms with Gasteiger partial charge in [0, 0.05) is 25.0 Å². The van der Waals surface area contributed by atoms with Gasteiger partial charge in [0.1, 0.15) is 0 Å². The molecule has 0 aromatic rings. The van der Waals surface area contributed by atoms with Crippen LogP contribution in [0.5, 0.6) is 0 Å². The van der Waals surface area contributed by atoms with E-state index in [1.54, 1.807) is 4.90 Å². The van der Waals surface area contributed by atoms with Crippen molar-refractivity contribution < 1.29 is 14.7 Å². The van der Waals surface area contributed by atoms with Crippen LogP contribution in [0.3, 0.4) is 0 Å². The van der Waals surface area contributed by atoms with Crippen LogP contribution in [0.25, 0.3) is 0 Å². The summed E-state index contributed by atoms with van der Waals surface area (Å²) in [6, 6.07) is 0. The Balaban J connectivity index is 2.01. The third kappa shape index (κ3) is 2.68. The lowest BCUT2D eigenvalue weighted by Crippen LogP contribution is -2.45. The maximum atomic E-state index is 12.4. The largest absolute Gasteiger partial charge is 0.481 e. The fourth-order valence-corrected chi connectivity index (χ4v) is 3.61. The Morgan fingerprint density at radius 3 is 2.30 bits per heavy atom. The quantitative estimate of drug-likeness (QED) is 0.820. The van der Waals surface area contributed by atoms with E-state index in [1.165, 1.54) is 0 Å². The number of likely N-dealkylation sites (tertiary alicyclic amines) is 1. The second kappa shape index (κ2) is 5.35. The van der Waals surface area contributed by atoms with Crippen LogP contribution >= 0.6 is 0 Å². The van der Waals surface area contributed by atoms with E-state index >= 15 is 0 Å². The molecule has 0 bridgehead atoms. The summed E-state index contributed by atoms with van der Waals surface area (Å²) in [6.07, 6.45) is 4.90. The number of amides is 1. The number of nitrogens with zero attached hydrogens (tertiary/aromatic N) is 1. The molecule has 0 aromatic heterocycles. The first-order valence-electron chi connectivity index (χ1n) is 7.59. The van der Waals surface area contributed by atoms with Gasteiger partial charge >= 0.3 is 5.97 Å². The van der Waals surface area contributed by atoms with Crippen LogP contribution in [0.1, 0.15) is 52.4 Å². The molecular weight excluding hydrogens is 256 g/mol. The van der Waals surface area contributed by atoms with E-state index in [0.29, 0.717) is 25.9 Å². The number of carbonyl (C=O) groups is 2. The Morgan fingerprint density at radius 2 is 1.85 bits per heavy atom. The van der Waals surface area contributed by atoms with E-state index in [0.717, 1.165) is 25.7 Å². The first kappa shape index (κ1) is 15.3. The van der Waals surface area contributed by atoms with Crippen LogP contribution in [0, 0.1) is 11.3 Å². The number of nitrogens with two attached hydrogens (primary N) is 1. The Morgan fingerprint density at radius 1 is 1.25 bits per heavy atom. The van der Waals surface area contributed by atoms with Gasteiger partial charge in [0.2, 0.25) is 5.91 Å². The molecule has 5 heteroatoms. The molecule has 1 unspecified atom stereocenters. The SMILES string of the molecule is CC(C)C1(C(=O)O)CCN(C(=O)CC2(N)CCCC2)C1. The average Bonchev–Trinajstić information content (AvgIpc) is 2.96. The first-order chi connectivity index (χ1) is 9.29. The van der Waals surface area contributed by atoms with Crippen molar-refractivity contribution >= 4 is 11.9 Å². The van der Waals surface area contributed by atoms with Crippen molar-refractivity contribution in [3.8, 4) is 0 Å². The minimum atomic E-state index is -0.786. The van der Waals surface area contributed by atoms with Crippen molar-refractivity contribution in [2.24, 2.45) is 17.1 Å². The van der Waals surface area contributed by atoms with Gasteiger partial charge < -0.3 is 15.7 Å². The molecule has 0 aromatic carbocycles. The number of rotatable bonds is 4. The lowest BCUT2D eigenvalue weighted by molar-refractivity contribution is -0.151. The highest BCUT2D eigenvalue weighted by Gasteiger charge is 2.49. The molecule has 1 amide bonds. The van der Waals surface area contributed by atoms with Crippen molar-refractivity contribution in [3.63, 3.8) is 0 Å². The van der Waals surface area contributed by atoms with Crippen LogP contribution in [-0.4, -0.2) is 40.5 Å². The van der Waals surface area contributed by atoms with E-state index in [1.807, 2.05) is 13.8 Å². The van der Waals surface area contributed by atoms with Gasteiger partial charge in [-0.25, -0.2) is 0 Å². The predicted octanol–water partition coefficient (Wildman–Crippen LogP) is 1.61. The summed E-state index contributed by atoms with van der Waals surface area (Å²) in [6.45, 7) is 4.71. The molecule has 0 radical (unpaired) electrons. The number of carboxylic acid groups (broad SMARTS) is 1. The second-order valence-electron chi connectivity index (χ2n) is 6.93. The monoisotopic (exact) mass is 282 g/mol. The standard InChI is InChI=1S/C15H26N2O3/c1-11(2)15(13(19)20)7-8-17(10-15)12(18)9-14(16)5-3-4-6-14/h11H,3-10,16H2,1-2H3,(H,19,20). The average molecular weight is 282 g/mol. The first-order valence-corrected chi connectivity index (χ1v) is 7.59. The van der Waals surface area contributed by atoms with Crippen LogP contribution in [0.4, 0.5) is 0 Å². The van der Waals surface area contributed by atoms with Gasteiger partial charge in [0.15, 0.2) is 0 Å². The molecule has 3 N–H and O–H groups in total. The third-order valence-electron chi connectivity index (χ3n) is 5.29. The van der Waals surface area contributed by atoms with E-state index in [-0.39, 0.29) is 17.4 Å². The Labute approximate surface area is 120 Å². The zero-order valence-corrected chi connectivity index (χ0v) is 12.5. The zero-order valence-electron chi connectivity index (χ0n) is 12.5. The van der Waals surface area contributed by atoms with E-state index < -0.39 is 11.4 Å². The highest BCUT2D eigenvalue weighted by atomic mass is 16.4. The Hall–Kier alpha value is -1.10. The van der Waals surface area contributed by atoms with Crippen LogP contribution in [0.15, 0.2) is 0 Å². The maximum Gasteiger partial charge on any atom is 0.311 e. The second-order valence-corrected chi connectivity index (χ2v) is 6.93. The van der Waals surface area contributed by atoms with E-state index in [4.69, 9.17) is 5.73 Å². The summed E-state index contributed by atoms with van der Waals surface area (Å²) in [5, 5.41) is 9.51.